The summed E-state index contributed by atoms with van der Waals surface area (Å²) in [4.78, 5) is 10.1. The van der Waals surface area contributed by atoms with Gasteiger partial charge in [-0.15, -0.1) is 4.28 Å². The number of nitrogens with two attached hydrogens (primary N) is 1. The topological polar surface area (TPSA) is 42.9 Å². The minimum absolute atomic E-state index is 0.0778. The van der Waals surface area contributed by atoms with Crippen molar-refractivity contribution in [3.8, 4) is 0 Å². The molecule has 0 heterocycles. The molecule has 0 saturated carbocycles. The van der Waals surface area contributed by atoms with Crippen molar-refractivity contribution >= 4 is 18.7 Å². The fraction of sp³-hybridized carbons (Fsp3) is 0.667. The van der Waals surface area contributed by atoms with E-state index in [1.807, 2.05) is 0 Å². The normalized spacial score (nSPS) is 8.86. The first-order valence-corrected chi connectivity index (χ1v) is 2.25. The molecule has 0 atom stereocenters. The Morgan fingerprint density at radius 1 is 2.00 bits per heavy atom. The van der Waals surface area contributed by atoms with Crippen LogP contribution < -0.4 is 5.48 Å². The maximum absolute atomic E-state index is 10.1. The lowest BCUT2D eigenvalue weighted by atomic mass is 10.5. The highest BCUT2D eigenvalue weighted by molar-refractivity contribution is 7.74. The number of thiol groups is 1. The highest BCUT2D eigenvalue weighted by Gasteiger charge is 1.91. The summed E-state index contributed by atoms with van der Waals surface area (Å²) in [6.45, 7) is 1.83. The van der Waals surface area contributed by atoms with Crippen LogP contribution in [0.15, 0.2) is 0 Å². The van der Waals surface area contributed by atoms with Crippen LogP contribution >= 0.6 is 12.9 Å². The number of Topliss-reactive ketones (excluding diaryl/α,β-unsaturated/α-hetero) is 1. The molecule has 0 spiro atoms. The second kappa shape index (κ2) is 4.11. The van der Waals surface area contributed by atoms with E-state index in [9.17, 15) is 4.79 Å². The van der Waals surface area contributed by atoms with Gasteiger partial charge in [0.25, 0.3) is 0 Å². The number of hydrogen-bond acceptors (Lipinski definition) is 3. The van der Waals surface area contributed by atoms with Gasteiger partial charge >= 0.3 is 0 Å². The van der Waals surface area contributed by atoms with Crippen LogP contribution in [0.25, 0.3) is 0 Å². The van der Waals surface area contributed by atoms with Crippen molar-refractivity contribution in [2.45, 2.75) is 6.92 Å². The molecule has 0 aliphatic rings. The van der Waals surface area contributed by atoms with E-state index in [2.05, 4.69) is 17.2 Å². The number of hydroxylamine groups is 1. The zero-order valence-electron chi connectivity index (χ0n) is 4.05. The highest BCUT2D eigenvalue weighted by atomic mass is 32.1. The lowest BCUT2D eigenvalue weighted by molar-refractivity contribution is -0.846. The number of carbonyl (C=O) groups excluding carboxylic acids is 1. The number of quaternary nitrogens is 1. The summed E-state index contributed by atoms with van der Waals surface area (Å²) in [6.07, 6.45) is 0. The van der Waals surface area contributed by atoms with Crippen LogP contribution in [0.1, 0.15) is 6.92 Å². The molecule has 0 radical (unpaired) electrons. The third-order valence-corrected chi connectivity index (χ3v) is 0.594. The Balaban J connectivity index is 2.82. The van der Waals surface area contributed by atoms with Crippen molar-refractivity contribution in [1.82, 2.24) is 0 Å². The molecular formula is C3H8NO2S+. The number of hydrogen-bond donors (Lipinski definition) is 2. The van der Waals surface area contributed by atoms with E-state index >= 15 is 0 Å². The van der Waals surface area contributed by atoms with Crippen molar-refractivity contribution in [3.05, 3.63) is 0 Å². The predicted octanol–water partition coefficient (Wildman–Crippen LogP) is -1.08. The van der Waals surface area contributed by atoms with E-state index in [0.717, 1.165) is 0 Å². The molecule has 42 valence electrons. The van der Waals surface area contributed by atoms with Crippen LogP contribution in [0.2, 0.25) is 0 Å². The molecule has 0 bridgehead atoms. The van der Waals surface area contributed by atoms with Gasteiger partial charge in [-0.1, -0.05) is 0 Å². The summed E-state index contributed by atoms with van der Waals surface area (Å²) in [6, 6.07) is 0. The molecule has 7 heavy (non-hydrogen) atoms. The Kier molecular flexibility index (Phi) is 4.07. The summed E-state index contributed by atoms with van der Waals surface area (Å²) >= 11 is 3.39. The largest absolute Gasteiger partial charge is 0.294 e. The summed E-state index contributed by atoms with van der Waals surface area (Å²) in [5.41, 5.74) is 1.34. The van der Waals surface area contributed by atoms with E-state index in [-0.39, 0.29) is 5.78 Å². The van der Waals surface area contributed by atoms with Gasteiger partial charge in [0.2, 0.25) is 0 Å². The van der Waals surface area contributed by atoms with Crippen molar-refractivity contribution in [2.75, 3.05) is 6.54 Å². The Bertz CT molecular complexity index is 66.0. The van der Waals surface area contributed by atoms with E-state index < -0.39 is 0 Å². The van der Waals surface area contributed by atoms with Crippen molar-refractivity contribution in [3.63, 3.8) is 0 Å². The Labute approximate surface area is 47.6 Å². The number of ketones is 1. The quantitative estimate of drug-likeness (QED) is 0.284. The zero-order valence-corrected chi connectivity index (χ0v) is 4.94. The van der Waals surface area contributed by atoms with Gasteiger partial charge in [0.1, 0.15) is 0 Å². The van der Waals surface area contributed by atoms with E-state index in [0.29, 0.717) is 6.54 Å². The second-order valence-electron chi connectivity index (χ2n) is 1.18. The zero-order chi connectivity index (χ0) is 5.70. The summed E-state index contributed by atoms with van der Waals surface area (Å²) in [7, 11) is 0. The van der Waals surface area contributed by atoms with Crippen molar-refractivity contribution < 1.29 is 14.6 Å². The maximum atomic E-state index is 10.1. The third kappa shape index (κ3) is 5.94. The molecule has 4 heteroatoms. The second-order valence-corrected chi connectivity index (χ2v) is 1.39. The average Bonchev–Trinajstić information content (AvgIpc) is 1.61. The van der Waals surface area contributed by atoms with Gasteiger partial charge in [-0.05, 0) is 0 Å². The first-order chi connectivity index (χ1) is 3.27. The molecule has 0 aromatic rings. The van der Waals surface area contributed by atoms with Gasteiger partial charge in [-0.25, -0.2) is 0 Å². The monoisotopic (exact) mass is 122 g/mol. The lowest BCUT2D eigenvalue weighted by Crippen LogP contribution is -2.82. The smallest absolute Gasteiger partial charge is 0.186 e. The average molecular weight is 122 g/mol. The van der Waals surface area contributed by atoms with Crippen molar-refractivity contribution in [2.24, 2.45) is 0 Å². The van der Waals surface area contributed by atoms with E-state index in [4.69, 9.17) is 0 Å². The predicted molar refractivity (Wildman–Crippen MR) is 27.5 cm³/mol. The summed E-state index contributed by atoms with van der Waals surface area (Å²) < 4.78 is 4.20. The minimum Gasteiger partial charge on any atom is -0.294 e. The Morgan fingerprint density at radius 3 is 2.71 bits per heavy atom. The maximum Gasteiger partial charge on any atom is 0.186 e. The summed E-state index contributed by atoms with van der Waals surface area (Å²) in [5, 5.41) is 0. The number of carbonyl (C=O) groups is 1. The molecule has 0 rings (SSSR count). The van der Waals surface area contributed by atoms with Gasteiger partial charge < -0.3 is 0 Å². The van der Waals surface area contributed by atoms with E-state index in [1.165, 1.54) is 12.4 Å². The fourth-order valence-electron chi connectivity index (χ4n) is 0.155. The van der Waals surface area contributed by atoms with Crippen LogP contribution in [0.4, 0.5) is 0 Å². The molecule has 0 aliphatic heterocycles. The Morgan fingerprint density at radius 2 is 2.57 bits per heavy atom. The van der Waals surface area contributed by atoms with Crippen LogP contribution in [0.3, 0.4) is 0 Å². The van der Waals surface area contributed by atoms with Gasteiger partial charge in [0.05, 0.1) is 0 Å². The van der Waals surface area contributed by atoms with Gasteiger partial charge in [0.15, 0.2) is 12.3 Å². The molecule has 0 aromatic carbocycles. The standard InChI is InChI=1S/C3H7NO2S/c1-3(5)2-4-6-7/h4,7H,2H2,1H3/p+1. The highest BCUT2D eigenvalue weighted by Crippen LogP contribution is 1.57. The molecule has 0 aliphatic carbocycles. The molecular weight excluding hydrogens is 114 g/mol. The van der Waals surface area contributed by atoms with Crippen LogP contribution in [0, 0.1) is 0 Å². The van der Waals surface area contributed by atoms with Gasteiger partial charge in [-0.2, -0.15) is 5.48 Å². The molecule has 0 amide bonds. The van der Waals surface area contributed by atoms with Crippen LogP contribution in [-0.4, -0.2) is 12.3 Å². The third-order valence-electron chi connectivity index (χ3n) is 0.445. The van der Waals surface area contributed by atoms with E-state index in [1.54, 1.807) is 0 Å². The van der Waals surface area contributed by atoms with Crippen molar-refractivity contribution in [1.29, 1.82) is 0 Å². The molecule has 2 N–H and O–H groups in total. The van der Waals surface area contributed by atoms with Crippen LogP contribution in [0.5, 0.6) is 0 Å². The minimum atomic E-state index is 0.0778. The molecule has 0 fully saturated rings. The Hall–Kier alpha value is -0.0600. The molecule has 0 saturated heterocycles. The SMILES string of the molecule is CC(=O)C[NH2+]OS. The fourth-order valence-corrected chi connectivity index (χ4v) is 0.229. The lowest BCUT2D eigenvalue weighted by Gasteiger charge is -1.86. The first-order valence-electron chi connectivity index (χ1n) is 1.88. The van der Waals surface area contributed by atoms with Crippen LogP contribution in [-0.2, 0) is 9.08 Å². The molecule has 3 nitrogen and oxygen atoms in total. The van der Waals surface area contributed by atoms with Gasteiger partial charge in [-0.3, -0.25) is 4.79 Å². The number of rotatable bonds is 3. The summed E-state index contributed by atoms with van der Waals surface area (Å²) in [5.74, 6) is 0.0778. The molecule has 0 unspecified atom stereocenters. The first kappa shape index (κ1) is 6.94. The molecule has 0 aromatic heterocycles. The van der Waals surface area contributed by atoms with Gasteiger partial charge in [0, 0.05) is 19.8 Å².